The zero-order valence-corrected chi connectivity index (χ0v) is 14.5. The summed E-state index contributed by atoms with van der Waals surface area (Å²) in [6.45, 7) is 1.61. The van der Waals surface area contributed by atoms with Crippen LogP contribution in [-0.4, -0.2) is 35.4 Å². The second-order valence-electron chi connectivity index (χ2n) is 6.88. The zero-order valence-electron chi connectivity index (χ0n) is 14.5. The second kappa shape index (κ2) is 8.25. The molecule has 1 fully saturated rings. The van der Waals surface area contributed by atoms with E-state index in [1.54, 1.807) is 0 Å². The number of amides is 1. The van der Waals surface area contributed by atoms with E-state index in [1.807, 2.05) is 24.4 Å². The van der Waals surface area contributed by atoms with Gasteiger partial charge in [0.15, 0.2) is 0 Å². The van der Waals surface area contributed by atoms with Gasteiger partial charge in [-0.1, -0.05) is 37.5 Å². The Morgan fingerprint density at radius 3 is 2.88 bits per heavy atom. The number of carbonyl (C=O) groups excluding carboxylic acids is 1. The Morgan fingerprint density at radius 2 is 2.04 bits per heavy atom. The summed E-state index contributed by atoms with van der Waals surface area (Å²) in [6.07, 6.45) is 8.49. The van der Waals surface area contributed by atoms with Crippen molar-refractivity contribution in [2.45, 2.75) is 51.1 Å². The van der Waals surface area contributed by atoms with Crippen molar-refractivity contribution >= 4 is 16.8 Å². The number of aromatic nitrogens is 1. The van der Waals surface area contributed by atoms with Gasteiger partial charge in [0, 0.05) is 37.1 Å². The first kappa shape index (κ1) is 16.9. The van der Waals surface area contributed by atoms with Crippen LogP contribution in [0, 0.1) is 0 Å². The lowest BCUT2D eigenvalue weighted by molar-refractivity contribution is -0.122. The van der Waals surface area contributed by atoms with Crippen LogP contribution >= 0.6 is 0 Å². The highest BCUT2D eigenvalue weighted by molar-refractivity contribution is 5.81. The van der Waals surface area contributed by atoms with Gasteiger partial charge in [-0.2, -0.15) is 0 Å². The molecule has 4 heteroatoms. The fraction of sp³-hybridized carbons (Fsp3) is 0.500. The molecule has 0 spiro atoms. The Bertz CT molecular complexity index is 674. The fourth-order valence-electron chi connectivity index (χ4n) is 3.51. The molecule has 128 valence electrons. The summed E-state index contributed by atoms with van der Waals surface area (Å²) in [5.41, 5.74) is 2.29. The molecular formula is C20H27N3O. The summed E-state index contributed by atoms with van der Waals surface area (Å²) in [6, 6.07) is 10.7. The summed E-state index contributed by atoms with van der Waals surface area (Å²) in [5, 5.41) is 4.39. The molecule has 0 unspecified atom stereocenters. The van der Waals surface area contributed by atoms with Crippen molar-refractivity contribution in [1.29, 1.82) is 0 Å². The van der Waals surface area contributed by atoms with Gasteiger partial charge in [0.25, 0.3) is 0 Å². The van der Waals surface area contributed by atoms with Crippen molar-refractivity contribution in [3.63, 3.8) is 0 Å². The van der Waals surface area contributed by atoms with Crippen LogP contribution in [0.15, 0.2) is 36.5 Å². The predicted octanol–water partition coefficient (Wildman–Crippen LogP) is 3.51. The molecule has 4 nitrogen and oxygen atoms in total. The second-order valence-corrected chi connectivity index (χ2v) is 6.88. The van der Waals surface area contributed by atoms with Gasteiger partial charge >= 0.3 is 0 Å². The maximum absolute atomic E-state index is 12.1. The van der Waals surface area contributed by atoms with Crippen LogP contribution in [0.5, 0.6) is 0 Å². The Balaban J connectivity index is 1.49. The highest BCUT2D eigenvalue weighted by atomic mass is 16.1. The Kier molecular flexibility index (Phi) is 5.81. The molecule has 3 rings (SSSR count). The Morgan fingerprint density at radius 1 is 1.21 bits per heavy atom. The van der Waals surface area contributed by atoms with Gasteiger partial charge in [-0.15, -0.1) is 0 Å². The summed E-state index contributed by atoms with van der Waals surface area (Å²) < 4.78 is 0. The van der Waals surface area contributed by atoms with Gasteiger partial charge < -0.3 is 10.2 Å². The van der Waals surface area contributed by atoms with Gasteiger partial charge in [-0.3, -0.25) is 9.78 Å². The van der Waals surface area contributed by atoms with Crippen LogP contribution in [0.1, 0.15) is 44.1 Å². The molecule has 1 N–H and O–H groups in total. The summed E-state index contributed by atoms with van der Waals surface area (Å²) in [7, 11) is 2.07. The average Bonchev–Trinajstić information content (AvgIpc) is 2.61. The predicted molar refractivity (Wildman–Crippen MR) is 97.7 cm³/mol. The quantitative estimate of drug-likeness (QED) is 0.884. The molecule has 0 radical (unpaired) electrons. The van der Waals surface area contributed by atoms with E-state index in [-0.39, 0.29) is 5.91 Å². The first-order chi connectivity index (χ1) is 11.7. The summed E-state index contributed by atoms with van der Waals surface area (Å²) in [4.78, 5) is 18.7. The minimum atomic E-state index is 0.188. The molecule has 0 bridgehead atoms. The van der Waals surface area contributed by atoms with E-state index in [4.69, 9.17) is 0 Å². The van der Waals surface area contributed by atoms with Gasteiger partial charge in [0.1, 0.15) is 0 Å². The monoisotopic (exact) mass is 325 g/mol. The molecule has 1 aliphatic rings. The lowest BCUT2D eigenvalue weighted by Gasteiger charge is -2.23. The maximum atomic E-state index is 12.1. The van der Waals surface area contributed by atoms with Crippen LogP contribution in [0.4, 0.5) is 0 Å². The van der Waals surface area contributed by atoms with Crippen molar-refractivity contribution in [3.8, 4) is 0 Å². The number of fused-ring (bicyclic) bond motifs is 1. The Hall–Kier alpha value is -1.94. The van der Waals surface area contributed by atoms with Crippen molar-refractivity contribution < 1.29 is 4.79 Å². The number of benzene rings is 1. The third-order valence-corrected chi connectivity index (χ3v) is 4.87. The number of hydrogen-bond acceptors (Lipinski definition) is 3. The minimum absolute atomic E-state index is 0.188. The van der Waals surface area contributed by atoms with Crippen LogP contribution < -0.4 is 5.32 Å². The highest BCUT2D eigenvalue weighted by Crippen LogP contribution is 2.18. The standard InChI is InChI=1S/C20H27N3O/c1-23(14-12-20(24)22-17-8-3-2-4-9-17)15-16-7-5-11-19-18(16)10-6-13-21-19/h5-7,10-11,13,17H,2-4,8-9,12,14-15H2,1H3,(H,22,24). The molecule has 1 heterocycles. The third kappa shape index (κ3) is 4.54. The summed E-state index contributed by atoms with van der Waals surface area (Å²) in [5.74, 6) is 0.188. The van der Waals surface area contributed by atoms with E-state index in [1.165, 1.54) is 30.2 Å². The van der Waals surface area contributed by atoms with Crippen molar-refractivity contribution in [1.82, 2.24) is 15.2 Å². The largest absolute Gasteiger partial charge is 0.353 e. The maximum Gasteiger partial charge on any atom is 0.221 e. The molecule has 1 aromatic heterocycles. The smallest absolute Gasteiger partial charge is 0.221 e. The van der Waals surface area contributed by atoms with E-state index in [0.29, 0.717) is 12.5 Å². The summed E-state index contributed by atoms with van der Waals surface area (Å²) >= 11 is 0. The first-order valence-corrected chi connectivity index (χ1v) is 9.03. The lowest BCUT2D eigenvalue weighted by atomic mass is 9.95. The lowest BCUT2D eigenvalue weighted by Crippen LogP contribution is -2.37. The van der Waals surface area contributed by atoms with Crippen LogP contribution in [0.25, 0.3) is 10.9 Å². The molecule has 2 aromatic rings. The van der Waals surface area contributed by atoms with Crippen LogP contribution in [-0.2, 0) is 11.3 Å². The zero-order chi connectivity index (χ0) is 16.8. The first-order valence-electron chi connectivity index (χ1n) is 9.03. The Labute approximate surface area is 144 Å². The number of pyridine rings is 1. The molecule has 1 saturated carbocycles. The molecule has 0 aliphatic heterocycles. The van der Waals surface area contributed by atoms with E-state index >= 15 is 0 Å². The van der Waals surface area contributed by atoms with Crippen molar-refractivity contribution in [2.75, 3.05) is 13.6 Å². The van der Waals surface area contributed by atoms with Crippen molar-refractivity contribution in [3.05, 3.63) is 42.1 Å². The normalized spacial score (nSPS) is 15.8. The van der Waals surface area contributed by atoms with Crippen molar-refractivity contribution in [2.24, 2.45) is 0 Å². The molecule has 24 heavy (non-hydrogen) atoms. The highest BCUT2D eigenvalue weighted by Gasteiger charge is 2.15. The molecule has 1 aromatic carbocycles. The molecule has 1 amide bonds. The van der Waals surface area contributed by atoms with E-state index < -0.39 is 0 Å². The average molecular weight is 325 g/mol. The number of nitrogens with zero attached hydrogens (tertiary/aromatic N) is 2. The van der Waals surface area contributed by atoms with Crippen LogP contribution in [0.3, 0.4) is 0 Å². The van der Waals surface area contributed by atoms with Gasteiger partial charge in [-0.05, 0) is 37.6 Å². The van der Waals surface area contributed by atoms with Crippen LogP contribution in [0.2, 0.25) is 0 Å². The molecule has 1 aliphatic carbocycles. The van der Waals surface area contributed by atoms with Gasteiger partial charge in [-0.25, -0.2) is 0 Å². The van der Waals surface area contributed by atoms with E-state index in [2.05, 4.69) is 34.4 Å². The minimum Gasteiger partial charge on any atom is -0.353 e. The number of rotatable bonds is 6. The molecular weight excluding hydrogens is 298 g/mol. The number of hydrogen-bond donors (Lipinski definition) is 1. The topological polar surface area (TPSA) is 45.2 Å². The third-order valence-electron chi connectivity index (χ3n) is 4.87. The number of carbonyl (C=O) groups is 1. The van der Waals surface area contributed by atoms with Gasteiger partial charge in [0.05, 0.1) is 5.52 Å². The van der Waals surface area contributed by atoms with E-state index in [0.717, 1.165) is 31.4 Å². The fourth-order valence-corrected chi connectivity index (χ4v) is 3.51. The number of nitrogens with one attached hydrogen (secondary N) is 1. The van der Waals surface area contributed by atoms with Gasteiger partial charge in [0.2, 0.25) is 5.91 Å². The van der Waals surface area contributed by atoms with E-state index in [9.17, 15) is 4.79 Å². The molecule has 0 saturated heterocycles. The molecule has 0 atom stereocenters. The SMILES string of the molecule is CN(CCC(=O)NC1CCCCC1)Cc1cccc2ncccc12.